The molecule has 116 valence electrons. The van der Waals surface area contributed by atoms with Gasteiger partial charge in [-0.1, -0.05) is 13.8 Å². The number of carbonyl (C=O) groups excluding carboxylic acids is 2. The molecule has 7 heteroatoms. The fourth-order valence-electron chi connectivity index (χ4n) is 1.42. The van der Waals surface area contributed by atoms with Crippen LogP contribution in [0.4, 0.5) is 0 Å². The average molecular weight is 304 g/mol. The van der Waals surface area contributed by atoms with Crippen molar-refractivity contribution in [2.45, 2.75) is 39.7 Å². The van der Waals surface area contributed by atoms with E-state index in [1.54, 1.807) is 0 Å². The highest BCUT2D eigenvalue weighted by molar-refractivity contribution is 7.99. The van der Waals surface area contributed by atoms with Crippen LogP contribution >= 0.6 is 11.8 Å². The number of carbonyl (C=O) groups is 3. The Balaban J connectivity index is 3.74. The molecular formula is C13H24N2O4S. The predicted molar refractivity (Wildman–Crippen MR) is 79.6 cm³/mol. The first-order valence-electron chi connectivity index (χ1n) is 6.67. The summed E-state index contributed by atoms with van der Waals surface area (Å²) in [6.45, 7) is 6.13. The lowest BCUT2D eigenvalue weighted by Crippen LogP contribution is -2.40. The molecule has 0 aliphatic rings. The van der Waals surface area contributed by atoms with Gasteiger partial charge in [-0.25, -0.2) is 4.79 Å². The standard InChI is InChI=1S/C13H24N2O4S/c1-9(2)4-6-14-12(17)8-20-7-5-11(13(18)19)15-10(3)16/h9,11H,4-8H2,1-3H3,(H,14,17)(H,15,16)(H,18,19). The number of nitrogens with one attached hydrogen (secondary N) is 2. The van der Waals surface area contributed by atoms with Crippen molar-refractivity contribution in [2.75, 3.05) is 18.1 Å². The first-order chi connectivity index (χ1) is 9.32. The Morgan fingerprint density at radius 1 is 1.20 bits per heavy atom. The SMILES string of the molecule is CC(=O)NC(CCSCC(=O)NCCC(C)C)C(=O)O. The Kier molecular flexibility index (Phi) is 9.88. The number of carboxylic acid groups (broad SMARTS) is 1. The molecule has 0 aromatic rings. The molecule has 0 heterocycles. The van der Waals surface area contributed by atoms with Crippen molar-refractivity contribution >= 4 is 29.5 Å². The van der Waals surface area contributed by atoms with E-state index in [1.807, 2.05) is 0 Å². The van der Waals surface area contributed by atoms with Crippen LogP contribution < -0.4 is 10.6 Å². The maximum Gasteiger partial charge on any atom is 0.326 e. The molecule has 0 aromatic carbocycles. The van der Waals surface area contributed by atoms with E-state index in [0.717, 1.165) is 6.42 Å². The number of amides is 2. The molecule has 1 atom stereocenters. The van der Waals surface area contributed by atoms with Gasteiger partial charge in [0.25, 0.3) is 0 Å². The van der Waals surface area contributed by atoms with Gasteiger partial charge in [-0.05, 0) is 24.5 Å². The fraction of sp³-hybridized carbons (Fsp3) is 0.769. The molecular weight excluding hydrogens is 280 g/mol. The van der Waals surface area contributed by atoms with Crippen LogP contribution in [0.5, 0.6) is 0 Å². The van der Waals surface area contributed by atoms with Crippen molar-refractivity contribution < 1.29 is 19.5 Å². The van der Waals surface area contributed by atoms with Crippen molar-refractivity contribution in [2.24, 2.45) is 5.92 Å². The average Bonchev–Trinajstić information content (AvgIpc) is 2.31. The monoisotopic (exact) mass is 304 g/mol. The van der Waals surface area contributed by atoms with Gasteiger partial charge in [0.2, 0.25) is 11.8 Å². The zero-order chi connectivity index (χ0) is 15.5. The number of carboxylic acids is 1. The minimum Gasteiger partial charge on any atom is -0.480 e. The van der Waals surface area contributed by atoms with Gasteiger partial charge >= 0.3 is 5.97 Å². The van der Waals surface area contributed by atoms with E-state index in [1.165, 1.54) is 18.7 Å². The van der Waals surface area contributed by atoms with Gasteiger partial charge in [-0.2, -0.15) is 11.8 Å². The minimum absolute atomic E-state index is 0.0398. The summed E-state index contributed by atoms with van der Waals surface area (Å²) in [7, 11) is 0. The molecule has 0 saturated heterocycles. The molecule has 0 saturated carbocycles. The molecule has 0 radical (unpaired) electrons. The van der Waals surface area contributed by atoms with Crippen molar-refractivity contribution in [1.82, 2.24) is 10.6 Å². The predicted octanol–water partition coefficient (Wildman–Crippen LogP) is 0.861. The minimum atomic E-state index is -1.05. The maximum absolute atomic E-state index is 11.5. The van der Waals surface area contributed by atoms with Crippen molar-refractivity contribution in [1.29, 1.82) is 0 Å². The molecule has 3 N–H and O–H groups in total. The molecule has 6 nitrogen and oxygen atoms in total. The Bertz CT molecular complexity index is 334. The van der Waals surface area contributed by atoms with E-state index in [0.29, 0.717) is 30.4 Å². The van der Waals surface area contributed by atoms with E-state index < -0.39 is 12.0 Å². The van der Waals surface area contributed by atoms with Crippen LogP contribution in [0.2, 0.25) is 0 Å². The second-order valence-corrected chi connectivity index (χ2v) is 6.07. The van der Waals surface area contributed by atoms with Gasteiger partial charge in [0.15, 0.2) is 0 Å². The van der Waals surface area contributed by atoms with Crippen molar-refractivity contribution in [3.63, 3.8) is 0 Å². The van der Waals surface area contributed by atoms with Crippen LogP contribution in [0, 0.1) is 5.92 Å². The zero-order valence-electron chi connectivity index (χ0n) is 12.3. The van der Waals surface area contributed by atoms with Gasteiger partial charge in [-0.3, -0.25) is 9.59 Å². The van der Waals surface area contributed by atoms with Gasteiger partial charge in [-0.15, -0.1) is 0 Å². The van der Waals surface area contributed by atoms with Crippen LogP contribution in [-0.2, 0) is 14.4 Å². The lowest BCUT2D eigenvalue weighted by molar-refractivity contribution is -0.141. The van der Waals surface area contributed by atoms with Gasteiger partial charge < -0.3 is 15.7 Å². The summed E-state index contributed by atoms with van der Waals surface area (Å²) in [4.78, 5) is 33.2. The Hall–Kier alpha value is -1.24. The molecule has 20 heavy (non-hydrogen) atoms. The molecule has 0 bridgehead atoms. The molecule has 1 unspecified atom stereocenters. The fourth-order valence-corrected chi connectivity index (χ4v) is 2.25. The summed E-state index contributed by atoms with van der Waals surface area (Å²) in [5, 5.41) is 14.1. The summed E-state index contributed by atoms with van der Waals surface area (Å²) in [6.07, 6.45) is 1.25. The summed E-state index contributed by atoms with van der Waals surface area (Å²) < 4.78 is 0. The summed E-state index contributed by atoms with van der Waals surface area (Å²) in [5.41, 5.74) is 0. The largest absolute Gasteiger partial charge is 0.480 e. The highest BCUT2D eigenvalue weighted by atomic mass is 32.2. The summed E-state index contributed by atoms with van der Waals surface area (Å²) >= 11 is 1.37. The van der Waals surface area contributed by atoms with Gasteiger partial charge in [0, 0.05) is 13.5 Å². The first kappa shape index (κ1) is 18.8. The molecule has 0 aliphatic heterocycles. The normalized spacial score (nSPS) is 12.0. The summed E-state index contributed by atoms with van der Waals surface area (Å²) in [6, 6.07) is -0.885. The first-order valence-corrected chi connectivity index (χ1v) is 7.82. The summed E-state index contributed by atoms with van der Waals surface area (Å²) in [5.74, 6) is -0.0886. The molecule has 0 spiro atoms. The van der Waals surface area contributed by atoms with E-state index in [-0.39, 0.29) is 11.8 Å². The lowest BCUT2D eigenvalue weighted by atomic mass is 10.1. The molecule has 0 fully saturated rings. The Morgan fingerprint density at radius 2 is 1.85 bits per heavy atom. The van der Waals surface area contributed by atoms with Crippen LogP contribution in [0.15, 0.2) is 0 Å². The van der Waals surface area contributed by atoms with E-state index >= 15 is 0 Å². The number of hydrogen-bond donors (Lipinski definition) is 3. The third-order valence-corrected chi connectivity index (χ3v) is 3.49. The third-order valence-electron chi connectivity index (χ3n) is 2.50. The van der Waals surface area contributed by atoms with E-state index in [2.05, 4.69) is 24.5 Å². The second kappa shape index (κ2) is 10.5. The van der Waals surface area contributed by atoms with Crippen LogP contribution in [0.3, 0.4) is 0 Å². The number of thioether (sulfide) groups is 1. The van der Waals surface area contributed by atoms with Gasteiger partial charge in [0.1, 0.15) is 6.04 Å². The highest BCUT2D eigenvalue weighted by Gasteiger charge is 2.17. The van der Waals surface area contributed by atoms with Crippen molar-refractivity contribution in [3.05, 3.63) is 0 Å². The number of hydrogen-bond acceptors (Lipinski definition) is 4. The van der Waals surface area contributed by atoms with E-state index in [4.69, 9.17) is 5.11 Å². The number of rotatable bonds is 10. The lowest BCUT2D eigenvalue weighted by Gasteiger charge is -2.12. The quantitative estimate of drug-likeness (QED) is 0.520. The zero-order valence-corrected chi connectivity index (χ0v) is 13.1. The van der Waals surface area contributed by atoms with Crippen molar-refractivity contribution in [3.8, 4) is 0 Å². The molecule has 0 aromatic heterocycles. The molecule has 0 rings (SSSR count). The van der Waals surface area contributed by atoms with Crippen LogP contribution in [0.1, 0.15) is 33.6 Å². The highest BCUT2D eigenvalue weighted by Crippen LogP contribution is 2.05. The maximum atomic E-state index is 11.5. The topological polar surface area (TPSA) is 95.5 Å². The Labute approximate surface area is 124 Å². The molecule has 2 amide bonds. The smallest absolute Gasteiger partial charge is 0.326 e. The van der Waals surface area contributed by atoms with Gasteiger partial charge in [0.05, 0.1) is 5.75 Å². The van der Waals surface area contributed by atoms with Crippen LogP contribution in [-0.4, -0.2) is 47.0 Å². The third kappa shape index (κ3) is 10.7. The number of aliphatic carboxylic acids is 1. The van der Waals surface area contributed by atoms with E-state index in [9.17, 15) is 14.4 Å². The van der Waals surface area contributed by atoms with Crippen LogP contribution in [0.25, 0.3) is 0 Å². The second-order valence-electron chi connectivity index (χ2n) is 4.97. The molecule has 0 aliphatic carbocycles. The Morgan fingerprint density at radius 3 is 2.35 bits per heavy atom.